The number of nitrogens with zero attached hydrogens (tertiary/aromatic N) is 1. The van der Waals surface area contributed by atoms with Gasteiger partial charge in [-0.2, -0.15) is 0 Å². The molecule has 0 unspecified atom stereocenters. The SMILES string of the molecule is Cc1cccc(C(=O)OCC(=O)c2cc(C)n(CCc3cccs3)c2C)c1C. The molecule has 2 heterocycles. The van der Waals surface area contributed by atoms with E-state index < -0.39 is 5.97 Å². The minimum atomic E-state index is -0.457. The molecule has 0 radical (unpaired) electrons. The molecule has 0 spiro atoms. The molecule has 3 aromatic rings. The second kappa shape index (κ2) is 8.57. The minimum Gasteiger partial charge on any atom is -0.454 e. The molecule has 0 amide bonds. The number of hydrogen-bond acceptors (Lipinski definition) is 4. The average Bonchev–Trinajstić information content (AvgIpc) is 3.28. The van der Waals surface area contributed by atoms with Crippen molar-refractivity contribution in [2.24, 2.45) is 0 Å². The number of aromatic nitrogens is 1. The summed E-state index contributed by atoms with van der Waals surface area (Å²) in [5.41, 5.74) is 4.99. The maximum atomic E-state index is 12.7. The normalized spacial score (nSPS) is 10.9. The number of esters is 1. The highest BCUT2D eigenvalue weighted by Crippen LogP contribution is 2.19. The summed E-state index contributed by atoms with van der Waals surface area (Å²) in [6, 6.07) is 11.6. The van der Waals surface area contributed by atoms with Crippen LogP contribution in [0.3, 0.4) is 0 Å². The fraction of sp³-hybridized carbons (Fsp3) is 0.304. The van der Waals surface area contributed by atoms with Gasteiger partial charge in [-0.25, -0.2) is 4.79 Å². The standard InChI is InChI=1S/C23H25NO3S/c1-15-7-5-9-20(17(15)3)23(26)27-14-22(25)21-13-16(2)24(18(21)4)11-10-19-8-6-12-28-19/h5-9,12-13H,10-11,14H2,1-4H3. The molecule has 0 aliphatic carbocycles. The van der Waals surface area contributed by atoms with E-state index in [0.29, 0.717) is 11.1 Å². The van der Waals surface area contributed by atoms with E-state index in [9.17, 15) is 9.59 Å². The lowest BCUT2D eigenvalue weighted by Gasteiger charge is -2.10. The Morgan fingerprint density at radius 1 is 1.04 bits per heavy atom. The molecule has 0 N–H and O–H groups in total. The Balaban J connectivity index is 1.66. The second-order valence-electron chi connectivity index (χ2n) is 7.01. The van der Waals surface area contributed by atoms with E-state index in [1.165, 1.54) is 4.88 Å². The second-order valence-corrected chi connectivity index (χ2v) is 8.04. The molecule has 0 atom stereocenters. The Morgan fingerprint density at radius 2 is 1.82 bits per heavy atom. The molecule has 0 aliphatic heterocycles. The van der Waals surface area contributed by atoms with Gasteiger partial charge in [-0.1, -0.05) is 18.2 Å². The van der Waals surface area contributed by atoms with Gasteiger partial charge in [0.1, 0.15) is 0 Å². The van der Waals surface area contributed by atoms with Crippen molar-refractivity contribution in [1.29, 1.82) is 0 Å². The van der Waals surface area contributed by atoms with Crippen molar-refractivity contribution >= 4 is 23.1 Å². The molecule has 0 aliphatic rings. The van der Waals surface area contributed by atoms with Crippen molar-refractivity contribution in [2.75, 3.05) is 6.61 Å². The molecule has 1 aromatic carbocycles. The number of carbonyl (C=O) groups is 2. The van der Waals surface area contributed by atoms with Crippen molar-refractivity contribution in [1.82, 2.24) is 4.57 Å². The molecular weight excluding hydrogens is 370 g/mol. The van der Waals surface area contributed by atoms with E-state index in [2.05, 4.69) is 22.1 Å². The first kappa shape index (κ1) is 20.1. The largest absolute Gasteiger partial charge is 0.454 e. The van der Waals surface area contributed by atoms with Gasteiger partial charge in [0.2, 0.25) is 5.78 Å². The molecule has 28 heavy (non-hydrogen) atoms. The summed E-state index contributed by atoms with van der Waals surface area (Å²) in [5, 5.41) is 2.07. The molecule has 5 heteroatoms. The van der Waals surface area contributed by atoms with Gasteiger partial charge < -0.3 is 9.30 Å². The molecule has 0 bridgehead atoms. The van der Waals surface area contributed by atoms with Gasteiger partial charge in [0, 0.05) is 28.4 Å². The third-order valence-electron chi connectivity index (χ3n) is 5.19. The van der Waals surface area contributed by atoms with E-state index in [1.807, 2.05) is 45.9 Å². The predicted molar refractivity (Wildman–Crippen MR) is 112 cm³/mol. The van der Waals surface area contributed by atoms with Crippen LogP contribution in [-0.2, 0) is 17.7 Å². The van der Waals surface area contributed by atoms with E-state index >= 15 is 0 Å². The van der Waals surface area contributed by atoms with Gasteiger partial charge in [0.25, 0.3) is 0 Å². The summed E-state index contributed by atoms with van der Waals surface area (Å²) in [7, 11) is 0. The van der Waals surface area contributed by atoms with Crippen molar-refractivity contribution in [3.05, 3.63) is 80.3 Å². The highest BCUT2D eigenvalue weighted by atomic mass is 32.1. The van der Waals surface area contributed by atoms with Crippen LogP contribution in [0, 0.1) is 27.7 Å². The number of ether oxygens (including phenoxy) is 1. The summed E-state index contributed by atoms with van der Waals surface area (Å²) in [5.74, 6) is -0.629. The number of thiophene rings is 1. The number of aryl methyl sites for hydroxylation is 3. The zero-order chi connectivity index (χ0) is 20.3. The Labute approximate surface area is 169 Å². The molecular formula is C23H25NO3S. The zero-order valence-corrected chi connectivity index (χ0v) is 17.6. The predicted octanol–water partition coefficient (Wildman–Crippen LogP) is 5.07. The molecule has 3 rings (SSSR count). The van der Waals surface area contributed by atoms with Crippen molar-refractivity contribution in [3.63, 3.8) is 0 Å². The van der Waals surface area contributed by atoms with Gasteiger partial charge >= 0.3 is 5.97 Å². The zero-order valence-electron chi connectivity index (χ0n) is 16.7. The molecule has 4 nitrogen and oxygen atoms in total. The van der Waals surface area contributed by atoms with Crippen molar-refractivity contribution in [2.45, 2.75) is 40.7 Å². The lowest BCUT2D eigenvalue weighted by Crippen LogP contribution is -2.16. The Morgan fingerprint density at radius 3 is 2.54 bits per heavy atom. The van der Waals surface area contributed by atoms with Crippen LogP contribution >= 0.6 is 11.3 Å². The van der Waals surface area contributed by atoms with Crippen molar-refractivity contribution < 1.29 is 14.3 Å². The third kappa shape index (κ3) is 4.25. The summed E-state index contributed by atoms with van der Waals surface area (Å²) < 4.78 is 7.46. The van der Waals surface area contributed by atoms with E-state index in [-0.39, 0.29) is 12.4 Å². The van der Waals surface area contributed by atoms with Crippen LogP contribution in [-0.4, -0.2) is 22.9 Å². The van der Waals surface area contributed by atoms with Crippen LogP contribution in [0.1, 0.15) is 48.1 Å². The average molecular weight is 396 g/mol. The molecule has 0 fully saturated rings. The lowest BCUT2D eigenvalue weighted by molar-refractivity contribution is 0.0473. The molecule has 2 aromatic heterocycles. The number of hydrogen-bond donors (Lipinski definition) is 0. The minimum absolute atomic E-state index is 0.172. The van der Waals surface area contributed by atoms with Gasteiger partial charge in [0.15, 0.2) is 6.61 Å². The van der Waals surface area contributed by atoms with Crippen LogP contribution in [0.5, 0.6) is 0 Å². The van der Waals surface area contributed by atoms with E-state index in [1.54, 1.807) is 17.4 Å². The van der Waals surface area contributed by atoms with Crippen LogP contribution in [0.25, 0.3) is 0 Å². The smallest absolute Gasteiger partial charge is 0.338 e. The highest BCUT2D eigenvalue weighted by molar-refractivity contribution is 7.09. The van der Waals surface area contributed by atoms with Crippen LogP contribution in [0.15, 0.2) is 41.8 Å². The van der Waals surface area contributed by atoms with Crippen LogP contribution in [0.4, 0.5) is 0 Å². The number of carbonyl (C=O) groups excluding carboxylic acids is 2. The molecule has 0 saturated carbocycles. The van der Waals surface area contributed by atoms with Crippen molar-refractivity contribution in [3.8, 4) is 0 Å². The monoisotopic (exact) mass is 395 g/mol. The topological polar surface area (TPSA) is 48.3 Å². The fourth-order valence-corrected chi connectivity index (χ4v) is 4.06. The van der Waals surface area contributed by atoms with E-state index in [4.69, 9.17) is 4.74 Å². The summed E-state index contributed by atoms with van der Waals surface area (Å²) in [4.78, 5) is 26.4. The molecule has 146 valence electrons. The first-order valence-electron chi connectivity index (χ1n) is 9.34. The number of ketones is 1. The van der Waals surface area contributed by atoms with Gasteiger partial charge in [-0.05, 0) is 68.8 Å². The Kier molecular flexibility index (Phi) is 6.15. The van der Waals surface area contributed by atoms with Crippen LogP contribution in [0.2, 0.25) is 0 Å². The number of rotatable bonds is 7. The van der Waals surface area contributed by atoms with Crippen LogP contribution < -0.4 is 0 Å². The lowest BCUT2D eigenvalue weighted by atomic mass is 10.0. The first-order valence-corrected chi connectivity index (χ1v) is 10.2. The van der Waals surface area contributed by atoms with Gasteiger partial charge in [-0.15, -0.1) is 11.3 Å². The first-order chi connectivity index (χ1) is 13.4. The van der Waals surface area contributed by atoms with Gasteiger partial charge in [-0.3, -0.25) is 4.79 Å². The highest BCUT2D eigenvalue weighted by Gasteiger charge is 2.19. The summed E-state index contributed by atoms with van der Waals surface area (Å²) >= 11 is 1.74. The maximum absolute atomic E-state index is 12.7. The number of benzene rings is 1. The number of Topliss-reactive ketones (excluding diaryl/α,β-unsaturated/α-hetero) is 1. The maximum Gasteiger partial charge on any atom is 0.338 e. The Hall–Kier alpha value is -2.66. The summed E-state index contributed by atoms with van der Waals surface area (Å²) in [6.45, 7) is 8.36. The summed E-state index contributed by atoms with van der Waals surface area (Å²) in [6.07, 6.45) is 0.934. The fourth-order valence-electron chi connectivity index (χ4n) is 3.36. The Bertz CT molecular complexity index is 999. The van der Waals surface area contributed by atoms with Gasteiger partial charge in [0.05, 0.1) is 5.56 Å². The molecule has 0 saturated heterocycles. The quantitative estimate of drug-likeness (QED) is 0.415. The third-order valence-corrected chi connectivity index (χ3v) is 6.13. The van der Waals surface area contributed by atoms with E-state index in [0.717, 1.165) is 35.5 Å².